The second kappa shape index (κ2) is 11.2. The molecule has 9 heteroatoms. The molecule has 2 unspecified atom stereocenters. The van der Waals surface area contributed by atoms with Gasteiger partial charge in [-0.2, -0.15) is 0 Å². The largest absolute Gasteiger partial charge is 0.438 e. The molecule has 3 amide bonds. The van der Waals surface area contributed by atoms with Gasteiger partial charge in [0.25, 0.3) is 0 Å². The van der Waals surface area contributed by atoms with Crippen LogP contribution in [0.3, 0.4) is 0 Å². The van der Waals surface area contributed by atoms with Crippen LogP contribution in [0.4, 0.5) is 10.5 Å². The van der Waals surface area contributed by atoms with Gasteiger partial charge in [-0.3, -0.25) is 14.5 Å². The highest BCUT2D eigenvalue weighted by molar-refractivity contribution is 6.30. The Bertz CT molecular complexity index is 1010. The average Bonchev–Trinajstić information content (AvgIpc) is 3.10. The summed E-state index contributed by atoms with van der Waals surface area (Å²) in [6.45, 7) is 4.38. The van der Waals surface area contributed by atoms with E-state index in [9.17, 15) is 14.4 Å². The molecular weight excluding hydrogens is 446 g/mol. The number of nitrogens with zero attached hydrogens (tertiary/aromatic N) is 1. The summed E-state index contributed by atoms with van der Waals surface area (Å²) in [6, 6.07) is 13.2. The maximum absolute atomic E-state index is 13.1. The number of ether oxygens (including phenoxy) is 2. The number of rotatable bonds is 9. The first-order chi connectivity index (χ1) is 15.8. The van der Waals surface area contributed by atoms with Crippen molar-refractivity contribution in [1.29, 1.82) is 0 Å². The van der Waals surface area contributed by atoms with Crippen molar-refractivity contribution in [2.45, 2.75) is 32.5 Å². The highest BCUT2D eigenvalue weighted by Crippen LogP contribution is 2.35. The smallest absolute Gasteiger partial charge is 0.411 e. The number of cyclic esters (lactones) is 1. The zero-order valence-corrected chi connectivity index (χ0v) is 19.6. The molecule has 33 heavy (non-hydrogen) atoms. The van der Waals surface area contributed by atoms with Crippen LogP contribution in [0, 0.1) is 5.92 Å². The number of amides is 3. The highest BCUT2D eigenvalue weighted by atomic mass is 35.5. The molecule has 1 saturated heterocycles. The molecule has 2 atom stereocenters. The Hall–Kier alpha value is -3.10. The van der Waals surface area contributed by atoms with E-state index < -0.39 is 18.2 Å². The second-order valence-corrected chi connectivity index (χ2v) is 8.50. The number of hydrogen-bond donors (Lipinski definition) is 2. The normalized spacial score (nSPS) is 17.7. The third kappa shape index (κ3) is 6.24. The predicted molar refractivity (Wildman–Crippen MR) is 125 cm³/mol. The molecule has 1 aliphatic heterocycles. The van der Waals surface area contributed by atoms with Crippen LogP contribution in [0.25, 0.3) is 0 Å². The number of halogens is 1. The maximum atomic E-state index is 13.1. The zero-order chi connectivity index (χ0) is 24.0. The van der Waals surface area contributed by atoms with Gasteiger partial charge < -0.3 is 20.1 Å². The number of carbonyl (C=O) groups is 3. The molecule has 2 aromatic carbocycles. The van der Waals surface area contributed by atoms with Gasteiger partial charge in [-0.25, -0.2) is 4.79 Å². The molecule has 0 radical (unpaired) electrons. The number of benzene rings is 2. The van der Waals surface area contributed by atoms with Crippen molar-refractivity contribution in [3.8, 4) is 0 Å². The van der Waals surface area contributed by atoms with Crippen molar-refractivity contribution in [2.75, 3.05) is 25.6 Å². The number of hydrogen-bond acceptors (Lipinski definition) is 5. The van der Waals surface area contributed by atoms with Crippen LogP contribution in [0.1, 0.15) is 31.1 Å². The van der Waals surface area contributed by atoms with Gasteiger partial charge in [0.05, 0.1) is 13.2 Å². The minimum atomic E-state index is -0.913. The van der Waals surface area contributed by atoms with Crippen LogP contribution < -0.4 is 10.6 Å². The minimum Gasteiger partial charge on any atom is -0.438 e. The van der Waals surface area contributed by atoms with Gasteiger partial charge in [-0.1, -0.05) is 49.7 Å². The summed E-state index contributed by atoms with van der Waals surface area (Å²) < 4.78 is 10.7. The van der Waals surface area contributed by atoms with E-state index in [0.717, 1.165) is 5.56 Å². The fourth-order valence-corrected chi connectivity index (χ4v) is 3.72. The van der Waals surface area contributed by atoms with Crippen LogP contribution >= 0.6 is 11.6 Å². The number of carbonyl (C=O) groups excluding carboxylic acids is 3. The molecule has 2 N–H and O–H groups in total. The Kier molecular flexibility index (Phi) is 8.30. The SMILES string of the molecule is COCCNC(=O)C1C(c2cccc(NC(=O)C(C)C)c2)OC(=O)N1Cc1cccc(Cl)c1. The van der Waals surface area contributed by atoms with Gasteiger partial charge in [0, 0.05) is 30.3 Å². The van der Waals surface area contributed by atoms with E-state index in [1.807, 2.05) is 6.07 Å². The molecule has 0 aliphatic carbocycles. The van der Waals surface area contributed by atoms with Gasteiger partial charge in [-0.05, 0) is 35.4 Å². The van der Waals surface area contributed by atoms with Crippen LogP contribution in [0.2, 0.25) is 5.02 Å². The molecule has 1 aliphatic rings. The van der Waals surface area contributed by atoms with Gasteiger partial charge in [0.2, 0.25) is 11.8 Å². The lowest BCUT2D eigenvalue weighted by Crippen LogP contribution is -2.47. The third-order valence-electron chi connectivity index (χ3n) is 5.21. The average molecular weight is 474 g/mol. The topological polar surface area (TPSA) is 97.0 Å². The van der Waals surface area contributed by atoms with Gasteiger partial charge in [-0.15, -0.1) is 0 Å². The van der Waals surface area contributed by atoms with Gasteiger partial charge >= 0.3 is 6.09 Å². The summed E-state index contributed by atoms with van der Waals surface area (Å²) in [7, 11) is 1.54. The van der Waals surface area contributed by atoms with Gasteiger partial charge in [0.15, 0.2) is 12.1 Å². The molecule has 0 saturated carbocycles. The quantitative estimate of drug-likeness (QED) is 0.540. The Morgan fingerprint density at radius 1 is 1.18 bits per heavy atom. The summed E-state index contributed by atoms with van der Waals surface area (Å²) >= 11 is 6.09. The third-order valence-corrected chi connectivity index (χ3v) is 5.44. The lowest BCUT2D eigenvalue weighted by molar-refractivity contribution is -0.126. The van der Waals surface area contributed by atoms with E-state index in [0.29, 0.717) is 29.4 Å². The molecule has 0 spiro atoms. The van der Waals surface area contributed by atoms with Crippen LogP contribution in [-0.4, -0.2) is 49.1 Å². The van der Waals surface area contributed by atoms with Crippen LogP contribution in [-0.2, 0) is 25.6 Å². The van der Waals surface area contributed by atoms with E-state index in [4.69, 9.17) is 21.1 Å². The van der Waals surface area contributed by atoms with Crippen molar-refractivity contribution in [1.82, 2.24) is 10.2 Å². The summed E-state index contributed by atoms with van der Waals surface area (Å²) in [6.07, 6.45) is -1.46. The summed E-state index contributed by atoms with van der Waals surface area (Å²) in [5, 5.41) is 6.17. The number of nitrogens with one attached hydrogen (secondary N) is 2. The van der Waals surface area contributed by atoms with E-state index >= 15 is 0 Å². The zero-order valence-electron chi connectivity index (χ0n) is 18.8. The van der Waals surface area contributed by atoms with E-state index in [-0.39, 0.29) is 24.3 Å². The van der Waals surface area contributed by atoms with Crippen molar-refractivity contribution in [2.24, 2.45) is 5.92 Å². The van der Waals surface area contributed by atoms with Crippen molar-refractivity contribution in [3.63, 3.8) is 0 Å². The second-order valence-electron chi connectivity index (χ2n) is 8.06. The standard InChI is InChI=1S/C24H28ClN3O5/c1-15(2)22(29)27-19-9-5-7-17(13-19)21-20(23(30)26-10-11-32-3)28(24(31)33-21)14-16-6-4-8-18(25)12-16/h4-9,12-13,15,20-21H,10-11,14H2,1-3H3,(H,26,30)(H,27,29). The fourth-order valence-electron chi connectivity index (χ4n) is 3.50. The predicted octanol–water partition coefficient (Wildman–Crippen LogP) is 3.76. The Morgan fingerprint density at radius 2 is 1.94 bits per heavy atom. The molecule has 2 aromatic rings. The molecule has 0 aromatic heterocycles. The van der Waals surface area contributed by atoms with Crippen LogP contribution in [0.15, 0.2) is 48.5 Å². The van der Waals surface area contributed by atoms with E-state index in [1.54, 1.807) is 63.4 Å². The van der Waals surface area contributed by atoms with Crippen LogP contribution in [0.5, 0.6) is 0 Å². The van der Waals surface area contributed by atoms with Crippen molar-refractivity contribution in [3.05, 3.63) is 64.7 Å². The molecule has 176 valence electrons. The highest BCUT2D eigenvalue weighted by Gasteiger charge is 2.47. The Balaban J connectivity index is 1.90. The maximum Gasteiger partial charge on any atom is 0.411 e. The van der Waals surface area contributed by atoms with E-state index in [1.165, 1.54) is 4.90 Å². The first-order valence-corrected chi connectivity index (χ1v) is 11.1. The Morgan fingerprint density at radius 3 is 2.64 bits per heavy atom. The monoisotopic (exact) mass is 473 g/mol. The molecule has 3 rings (SSSR count). The first kappa shape index (κ1) is 24.5. The minimum absolute atomic E-state index is 0.132. The molecular formula is C24H28ClN3O5. The number of methoxy groups -OCH3 is 1. The molecule has 8 nitrogen and oxygen atoms in total. The Labute approximate surface area is 198 Å². The first-order valence-electron chi connectivity index (χ1n) is 10.7. The lowest BCUT2D eigenvalue weighted by Gasteiger charge is -2.24. The van der Waals surface area contributed by atoms with Gasteiger partial charge in [0.1, 0.15) is 0 Å². The summed E-state index contributed by atoms with van der Waals surface area (Å²) in [5.74, 6) is -0.681. The number of anilines is 1. The summed E-state index contributed by atoms with van der Waals surface area (Å²) in [4.78, 5) is 39.5. The van der Waals surface area contributed by atoms with Crippen molar-refractivity contribution >= 4 is 35.2 Å². The fraction of sp³-hybridized carbons (Fsp3) is 0.375. The molecule has 0 bridgehead atoms. The lowest BCUT2D eigenvalue weighted by atomic mass is 10.00. The molecule has 1 heterocycles. The molecule has 1 fully saturated rings. The van der Waals surface area contributed by atoms with E-state index in [2.05, 4.69) is 10.6 Å². The van der Waals surface area contributed by atoms with Crippen molar-refractivity contribution < 1.29 is 23.9 Å². The summed E-state index contributed by atoms with van der Waals surface area (Å²) in [5.41, 5.74) is 1.94.